The highest BCUT2D eigenvalue weighted by molar-refractivity contribution is 7.49. The lowest BCUT2D eigenvalue weighted by atomic mass is 10.1. The predicted octanol–water partition coefficient (Wildman–Crippen LogP) is 8.19. The van der Waals surface area contributed by atoms with Crippen molar-refractivity contribution in [3.63, 3.8) is 0 Å². The van der Waals surface area contributed by atoms with Crippen molar-refractivity contribution >= 4 is 7.82 Å². The molecule has 0 unspecified atom stereocenters. The molecule has 5 heteroatoms. The summed E-state index contributed by atoms with van der Waals surface area (Å²) in [5.74, 6) is 0.935. The van der Waals surface area contributed by atoms with Crippen molar-refractivity contribution in [1.82, 2.24) is 0 Å². The van der Waals surface area contributed by atoms with Crippen molar-refractivity contribution in [2.75, 3.05) is 6.61 Å². The Balaban J connectivity index is 1.71. The van der Waals surface area contributed by atoms with Crippen molar-refractivity contribution in [3.8, 4) is 11.5 Å². The predicted molar refractivity (Wildman–Crippen MR) is 120 cm³/mol. The van der Waals surface area contributed by atoms with Gasteiger partial charge in [0.25, 0.3) is 0 Å². The van der Waals surface area contributed by atoms with E-state index < -0.39 is 7.82 Å². The van der Waals surface area contributed by atoms with Crippen LogP contribution in [0.1, 0.15) is 71.1 Å². The summed E-state index contributed by atoms with van der Waals surface area (Å²) in [6, 6.07) is 18.0. The number of para-hydroxylation sites is 2. The second kappa shape index (κ2) is 14.3. The first-order chi connectivity index (χ1) is 14.2. The van der Waals surface area contributed by atoms with Crippen LogP contribution >= 0.6 is 7.82 Å². The number of hydrogen-bond donors (Lipinski definition) is 0. The van der Waals surface area contributed by atoms with E-state index in [0.29, 0.717) is 18.1 Å². The summed E-state index contributed by atoms with van der Waals surface area (Å²) in [7, 11) is -3.74. The molecule has 0 aliphatic heterocycles. The van der Waals surface area contributed by atoms with E-state index in [4.69, 9.17) is 13.6 Å². The Morgan fingerprint density at radius 3 is 1.48 bits per heavy atom. The first-order valence-electron chi connectivity index (χ1n) is 11.0. The minimum absolute atomic E-state index is 0.355. The first kappa shape index (κ1) is 23.5. The average Bonchev–Trinajstić information content (AvgIpc) is 2.73. The van der Waals surface area contributed by atoms with Gasteiger partial charge in [0.2, 0.25) is 0 Å². The maximum absolute atomic E-state index is 13.1. The Morgan fingerprint density at radius 2 is 1.03 bits per heavy atom. The zero-order chi connectivity index (χ0) is 20.6. The topological polar surface area (TPSA) is 44.8 Å². The number of hydrogen-bond acceptors (Lipinski definition) is 4. The molecular formula is C24H35O4P. The van der Waals surface area contributed by atoms with Crippen molar-refractivity contribution < 1.29 is 18.1 Å². The summed E-state index contributed by atoms with van der Waals surface area (Å²) >= 11 is 0. The number of unbranched alkanes of at least 4 members (excludes halogenated alkanes) is 9. The maximum atomic E-state index is 13.1. The van der Waals surface area contributed by atoms with E-state index in [0.717, 1.165) is 12.8 Å². The third-order valence-electron chi connectivity index (χ3n) is 4.67. The molecule has 2 rings (SSSR count). The van der Waals surface area contributed by atoms with Crippen molar-refractivity contribution in [2.24, 2.45) is 0 Å². The fourth-order valence-corrected chi connectivity index (χ4v) is 4.31. The van der Waals surface area contributed by atoms with Crippen LogP contribution in [-0.2, 0) is 9.09 Å². The van der Waals surface area contributed by atoms with E-state index in [1.54, 1.807) is 24.3 Å². The summed E-state index contributed by atoms with van der Waals surface area (Å²) in [5.41, 5.74) is 0. The van der Waals surface area contributed by atoms with E-state index in [1.165, 1.54) is 51.4 Å². The fraction of sp³-hybridized carbons (Fsp3) is 0.500. The lowest BCUT2D eigenvalue weighted by Gasteiger charge is -2.19. The minimum atomic E-state index is -3.74. The third kappa shape index (κ3) is 10.5. The number of phosphoric acid groups is 1. The second-order valence-electron chi connectivity index (χ2n) is 7.27. The molecule has 0 atom stereocenters. The van der Waals surface area contributed by atoms with Crippen LogP contribution in [0, 0.1) is 0 Å². The van der Waals surface area contributed by atoms with Gasteiger partial charge in [-0.3, -0.25) is 4.52 Å². The highest BCUT2D eigenvalue weighted by atomic mass is 31.2. The molecule has 4 nitrogen and oxygen atoms in total. The van der Waals surface area contributed by atoms with Crippen LogP contribution in [0.2, 0.25) is 0 Å². The number of rotatable bonds is 16. The van der Waals surface area contributed by atoms with Crippen molar-refractivity contribution in [1.29, 1.82) is 0 Å². The maximum Gasteiger partial charge on any atom is 0.587 e. The molecule has 0 spiro atoms. The molecule has 0 saturated heterocycles. The second-order valence-corrected chi connectivity index (χ2v) is 8.79. The molecule has 0 N–H and O–H groups in total. The molecule has 2 aromatic rings. The standard InChI is InChI=1S/C24H35O4P/c1-2-3-4-5-6-7-8-9-10-17-22-26-29(25,27-23-18-13-11-14-19-23)28-24-20-15-12-16-21-24/h11-16,18-21H,2-10,17,22H2,1H3. The van der Waals surface area contributed by atoms with Crippen molar-refractivity contribution in [2.45, 2.75) is 71.1 Å². The Kier molecular flexibility index (Phi) is 11.6. The Labute approximate surface area is 176 Å². The van der Waals surface area contributed by atoms with E-state index in [-0.39, 0.29) is 0 Å². The zero-order valence-electron chi connectivity index (χ0n) is 17.6. The van der Waals surface area contributed by atoms with Gasteiger partial charge >= 0.3 is 7.82 Å². The number of benzene rings is 2. The molecule has 0 amide bonds. The molecule has 0 aliphatic rings. The minimum Gasteiger partial charge on any atom is -0.395 e. The largest absolute Gasteiger partial charge is 0.587 e. The van der Waals surface area contributed by atoms with Gasteiger partial charge in [-0.2, -0.15) is 0 Å². The zero-order valence-corrected chi connectivity index (χ0v) is 18.5. The lowest BCUT2D eigenvalue weighted by Crippen LogP contribution is -2.06. The van der Waals surface area contributed by atoms with Crippen LogP contribution in [0.25, 0.3) is 0 Å². The van der Waals surface area contributed by atoms with E-state index >= 15 is 0 Å². The molecule has 0 aliphatic carbocycles. The fourth-order valence-electron chi connectivity index (χ4n) is 3.06. The van der Waals surface area contributed by atoms with Gasteiger partial charge in [0, 0.05) is 0 Å². The molecule has 29 heavy (non-hydrogen) atoms. The first-order valence-corrected chi connectivity index (χ1v) is 12.4. The van der Waals surface area contributed by atoms with Gasteiger partial charge in [-0.05, 0) is 30.7 Å². The Morgan fingerprint density at radius 1 is 0.621 bits per heavy atom. The van der Waals surface area contributed by atoms with Gasteiger partial charge < -0.3 is 9.05 Å². The number of phosphoric ester groups is 1. The van der Waals surface area contributed by atoms with E-state index in [9.17, 15) is 4.57 Å². The monoisotopic (exact) mass is 418 g/mol. The molecule has 0 radical (unpaired) electrons. The Bertz CT molecular complexity index is 645. The lowest BCUT2D eigenvalue weighted by molar-refractivity contribution is 0.205. The summed E-state index contributed by atoms with van der Waals surface area (Å²) < 4.78 is 30.0. The molecule has 0 fully saturated rings. The molecule has 0 heterocycles. The third-order valence-corrected chi connectivity index (χ3v) is 6.04. The van der Waals surface area contributed by atoms with Gasteiger partial charge in [0.15, 0.2) is 0 Å². The van der Waals surface area contributed by atoms with Crippen LogP contribution in [0.4, 0.5) is 0 Å². The molecule has 160 valence electrons. The van der Waals surface area contributed by atoms with Gasteiger partial charge in [-0.1, -0.05) is 101 Å². The highest BCUT2D eigenvalue weighted by Gasteiger charge is 2.30. The Hall–Kier alpha value is -1.77. The smallest absolute Gasteiger partial charge is 0.395 e. The van der Waals surface area contributed by atoms with Crippen LogP contribution in [0.15, 0.2) is 60.7 Å². The van der Waals surface area contributed by atoms with Gasteiger partial charge in [0.1, 0.15) is 11.5 Å². The summed E-state index contributed by atoms with van der Waals surface area (Å²) in [6.45, 7) is 2.60. The summed E-state index contributed by atoms with van der Waals surface area (Å²) in [5, 5.41) is 0. The molecule has 0 bridgehead atoms. The molecule has 2 aromatic carbocycles. The normalized spacial score (nSPS) is 11.3. The quantitative estimate of drug-likeness (QED) is 0.204. The van der Waals surface area contributed by atoms with Gasteiger partial charge in [-0.25, -0.2) is 4.57 Å². The van der Waals surface area contributed by atoms with Crippen LogP contribution in [0.3, 0.4) is 0 Å². The van der Waals surface area contributed by atoms with Crippen LogP contribution < -0.4 is 9.05 Å². The molecule has 0 aromatic heterocycles. The van der Waals surface area contributed by atoms with Gasteiger partial charge in [0.05, 0.1) is 6.61 Å². The van der Waals surface area contributed by atoms with Crippen LogP contribution in [0.5, 0.6) is 11.5 Å². The molecular weight excluding hydrogens is 383 g/mol. The van der Waals surface area contributed by atoms with E-state index in [2.05, 4.69) is 6.92 Å². The van der Waals surface area contributed by atoms with Crippen molar-refractivity contribution in [3.05, 3.63) is 60.7 Å². The highest BCUT2D eigenvalue weighted by Crippen LogP contribution is 2.49. The average molecular weight is 419 g/mol. The van der Waals surface area contributed by atoms with E-state index in [1.807, 2.05) is 36.4 Å². The molecule has 0 saturated carbocycles. The SMILES string of the molecule is CCCCCCCCCCCCOP(=O)(Oc1ccccc1)Oc1ccccc1. The van der Waals surface area contributed by atoms with Gasteiger partial charge in [-0.15, -0.1) is 0 Å². The summed E-state index contributed by atoms with van der Waals surface area (Å²) in [4.78, 5) is 0. The summed E-state index contributed by atoms with van der Waals surface area (Å²) in [6.07, 6.45) is 12.3. The van der Waals surface area contributed by atoms with Crippen LogP contribution in [-0.4, -0.2) is 6.61 Å².